The van der Waals surface area contributed by atoms with Crippen molar-refractivity contribution in [3.8, 4) is 0 Å². The number of hydrogen-bond donors (Lipinski definition) is 1. The molecule has 102 valence electrons. The maximum atomic E-state index is 10.8. The molecule has 1 N–H and O–H groups in total. The van der Waals surface area contributed by atoms with Gasteiger partial charge in [0.1, 0.15) is 6.04 Å². The Kier molecular flexibility index (Phi) is 7.64. The lowest BCUT2D eigenvalue weighted by molar-refractivity contribution is -0.142. The fourth-order valence-electron chi connectivity index (χ4n) is 1.63. The molecule has 0 radical (unpaired) electrons. The minimum Gasteiger partial charge on any atom is -0.480 e. The average Bonchev–Trinajstić information content (AvgIpc) is 2.35. The number of likely N-dealkylation sites (N-methyl/N-ethyl adjacent to an activating group) is 1. The third-order valence-electron chi connectivity index (χ3n) is 3.20. The molecular weight excluding hydrogens is 250 g/mol. The summed E-state index contributed by atoms with van der Waals surface area (Å²) in [5.41, 5.74) is 2.59. The first-order chi connectivity index (χ1) is 8.04. The Morgan fingerprint density at radius 2 is 1.78 bits per heavy atom. The van der Waals surface area contributed by atoms with Crippen LogP contribution < -0.4 is 0 Å². The van der Waals surface area contributed by atoms with Gasteiger partial charge in [0.25, 0.3) is 0 Å². The quantitative estimate of drug-likeness (QED) is 0.865. The Labute approximate surface area is 115 Å². The molecular formula is C14H22ClNO2. The van der Waals surface area contributed by atoms with E-state index in [4.69, 9.17) is 5.11 Å². The molecule has 3 nitrogen and oxygen atoms in total. The zero-order valence-electron chi connectivity index (χ0n) is 11.2. The Morgan fingerprint density at radius 3 is 2.22 bits per heavy atom. The zero-order chi connectivity index (χ0) is 12.8. The van der Waals surface area contributed by atoms with Gasteiger partial charge in [-0.3, -0.25) is 9.69 Å². The van der Waals surface area contributed by atoms with Gasteiger partial charge in [-0.1, -0.05) is 31.2 Å². The smallest absolute Gasteiger partial charge is 0.320 e. The third-order valence-corrected chi connectivity index (χ3v) is 3.20. The molecule has 0 bridgehead atoms. The summed E-state index contributed by atoms with van der Waals surface area (Å²) in [6, 6.07) is 8.09. The van der Waals surface area contributed by atoms with Crippen LogP contribution in [0, 0.1) is 0 Å². The molecule has 0 saturated heterocycles. The van der Waals surface area contributed by atoms with Crippen molar-refractivity contribution >= 4 is 18.4 Å². The number of rotatable bonds is 6. The van der Waals surface area contributed by atoms with E-state index in [1.54, 1.807) is 6.92 Å². The van der Waals surface area contributed by atoms with Crippen molar-refractivity contribution in [3.63, 3.8) is 0 Å². The molecule has 0 aromatic heterocycles. The highest BCUT2D eigenvalue weighted by molar-refractivity contribution is 5.85. The van der Waals surface area contributed by atoms with Crippen molar-refractivity contribution in [1.82, 2.24) is 4.90 Å². The van der Waals surface area contributed by atoms with Gasteiger partial charge >= 0.3 is 5.97 Å². The Balaban J connectivity index is 0.00000289. The van der Waals surface area contributed by atoms with E-state index in [-0.39, 0.29) is 12.4 Å². The van der Waals surface area contributed by atoms with Gasteiger partial charge in [-0.25, -0.2) is 0 Å². The molecule has 0 heterocycles. The molecule has 0 fully saturated rings. The van der Waals surface area contributed by atoms with Gasteiger partial charge in [0.05, 0.1) is 0 Å². The molecule has 1 atom stereocenters. The fourth-order valence-corrected chi connectivity index (χ4v) is 1.63. The number of carboxylic acids is 1. The molecule has 18 heavy (non-hydrogen) atoms. The van der Waals surface area contributed by atoms with Crippen LogP contribution in [0.3, 0.4) is 0 Å². The maximum Gasteiger partial charge on any atom is 0.320 e. The van der Waals surface area contributed by atoms with Crippen molar-refractivity contribution in [2.45, 2.75) is 32.7 Å². The number of carboxylic acid groups (broad SMARTS) is 1. The van der Waals surface area contributed by atoms with Crippen LogP contribution in [-0.4, -0.2) is 35.6 Å². The first-order valence-electron chi connectivity index (χ1n) is 6.05. The van der Waals surface area contributed by atoms with Crippen molar-refractivity contribution in [3.05, 3.63) is 35.4 Å². The van der Waals surface area contributed by atoms with Gasteiger partial charge in [-0.15, -0.1) is 12.4 Å². The van der Waals surface area contributed by atoms with Gasteiger partial charge in [0.2, 0.25) is 0 Å². The second-order valence-corrected chi connectivity index (χ2v) is 4.41. The number of aliphatic carboxylic acids is 1. The van der Waals surface area contributed by atoms with Gasteiger partial charge in [-0.2, -0.15) is 0 Å². The Bertz CT molecular complexity index is 365. The zero-order valence-corrected chi connectivity index (χ0v) is 12.0. The Hall–Kier alpha value is -1.06. The van der Waals surface area contributed by atoms with E-state index in [0.29, 0.717) is 0 Å². The second-order valence-electron chi connectivity index (χ2n) is 4.41. The molecule has 0 aliphatic heterocycles. The molecule has 0 aliphatic carbocycles. The van der Waals surface area contributed by atoms with Crippen LogP contribution in [0.25, 0.3) is 0 Å². The molecule has 1 unspecified atom stereocenters. The van der Waals surface area contributed by atoms with Crippen LogP contribution in [0.2, 0.25) is 0 Å². The predicted octanol–water partition coefficient (Wildman–Crippen LogP) is 2.62. The average molecular weight is 272 g/mol. The van der Waals surface area contributed by atoms with Crippen LogP contribution in [-0.2, 0) is 17.6 Å². The number of nitrogens with zero attached hydrogens (tertiary/aromatic N) is 1. The molecule has 0 amide bonds. The van der Waals surface area contributed by atoms with Crippen molar-refractivity contribution in [2.24, 2.45) is 0 Å². The van der Waals surface area contributed by atoms with E-state index in [2.05, 4.69) is 31.2 Å². The molecule has 1 aromatic carbocycles. The van der Waals surface area contributed by atoms with E-state index in [0.717, 1.165) is 19.4 Å². The minimum absolute atomic E-state index is 0. The predicted molar refractivity (Wildman–Crippen MR) is 76.5 cm³/mol. The number of hydrogen-bond acceptors (Lipinski definition) is 2. The molecule has 0 saturated carbocycles. The summed E-state index contributed by atoms with van der Waals surface area (Å²) in [6.45, 7) is 4.61. The minimum atomic E-state index is -0.770. The SMILES string of the molecule is CCc1ccc(CCN(C)C(C)C(=O)O)cc1.Cl. The van der Waals surface area contributed by atoms with E-state index in [1.807, 2.05) is 11.9 Å². The van der Waals surface area contributed by atoms with Crippen LogP contribution in [0.5, 0.6) is 0 Å². The highest BCUT2D eigenvalue weighted by atomic mass is 35.5. The summed E-state index contributed by atoms with van der Waals surface area (Å²) in [5.74, 6) is -0.770. The summed E-state index contributed by atoms with van der Waals surface area (Å²) in [5, 5.41) is 8.88. The molecule has 1 rings (SSSR count). The van der Waals surface area contributed by atoms with Crippen LogP contribution in [0.4, 0.5) is 0 Å². The summed E-state index contributed by atoms with van der Waals surface area (Å²) in [7, 11) is 1.85. The Morgan fingerprint density at radius 1 is 1.28 bits per heavy atom. The van der Waals surface area contributed by atoms with Crippen LogP contribution >= 0.6 is 12.4 Å². The van der Waals surface area contributed by atoms with Gasteiger partial charge < -0.3 is 5.11 Å². The highest BCUT2D eigenvalue weighted by Gasteiger charge is 2.15. The van der Waals surface area contributed by atoms with E-state index >= 15 is 0 Å². The van der Waals surface area contributed by atoms with E-state index in [9.17, 15) is 4.79 Å². The van der Waals surface area contributed by atoms with Crippen LogP contribution in [0.1, 0.15) is 25.0 Å². The normalized spacial score (nSPS) is 12.0. The lowest BCUT2D eigenvalue weighted by atomic mass is 10.1. The lowest BCUT2D eigenvalue weighted by Crippen LogP contribution is -2.37. The highest BCUT2D eigenvalue weighted by Crippen LogP contribution is 2.07. The van der Waals surface area contributed by atoms with Crippen LogP contribution in [0.15, 0.2) is 24.3 Å². The topological polar surface area (TPSA) is 40.5 Å². The summed E-state index contributed by atoms with van der Waals surface area (Å²) >= 11 is 0. The fraction of sp³-hybridized carbons (Fsp3) is 0.500. The largest absolute Gasteiger partial charge is 0.480 e. The number of halogens is 1. The summed E-state index contributed by atoms with van der Waals surface area (Å²) in [4.78, 5) is 12.7. The number of carbonyl (C=O) groups is 1. The van der Waals surface area contributed by atoms with Crippen molar-refractivity contribution < 1.29 is 9.90 Å². The summed E-state index contributed by atoms with van der Waals surface area (Å²) < 4.78 is 0. The summed E-state index contributed by atoms with van der Waals surface area (Å²) in [6.07, 6.45) is 1.94. The molecule has 0 spiro atoms. The second kappa shape index (κ2) is 8.11. The first-order valence-corrected chi connectivity index (χ1v) is 6.05. The molecule has 4 heteroatoms. The van der Waals surface area contributed by atoms with Gasteiger partial charge in [0, 0.05) is 6.54 Å². The number of aryl methyl sites for hydroxylation is 1. The standard InChI is InChI=1S/C14H21NO2.ClH/c1-4-12-5-7-13(8-6-12)9-10-15(3)11(2)14(16)17;/h5-8,11H,4,9-10H2,1-3H3,(H,16,17);1H. The maximum absolute atomic E-state index is 10.8. The number of benzene rings is 1. The van der Waals surface area contributed by atoms with Gasteiger partial charge in [-0.05, 0) is 37.9 Å². The van der Waals surface area contributed by atoms with E-state index < -0.39 is 12.0 Å². The molecule has 1 aromatic rings. The monoisotopic (exact) mass is 271 g/mol. The van der Waals surface area contributed by atoms with Crippen molar-refractivity contribution in [2.75, 3.05) is 13.6 Å². The lowest BCUT2D eigenvalue weighted by Gasteiger charge is -2.20. The first kappa shape index (κ1) is 16.9. The molecule has 0 aliphatic rings. The van der Waals surface area contributed by atoms with Gasteiger partial charge in [0.15, 0.2) is 0 Å². The third kappa shape index (κ3) is 5.07. The van der Waals surface area contributed by atoms with Crippen molar-refractivity contribution in [1.29, 1.82) is 0 Å². The van der Waals surface area contributed by atoms with E-state index in [1.165, 1.54) is 11.1 Å².